The number of fused-ring (bicyclic) bond motifs is 1. The lowest BCUT2D eigenvalue weighted by Gasteiger charge is -1.89. The molecule has 18 heavy (non-hydrogen) atoms. The molecule has 0 aliphatic heterocycles. The Hall–Kier alpha value is -2.80. The molecule has 0 spiro atoms. The van der Waals surface area contributed by atoms with Gasteiger partial charge in [-0.2, -0.15) is 4.98 Å². The molecule has 0 aliphatic rings. The maximum Gasteiger partial charge on any atom is 0.274 e. The zero-order chi connectivity index (χ0) is 12.4. The van der Waals surface area contributed by atoms with Gasteiger partial charge >= 0.3 is 0 Å². The molecule has 4 nitrogen and oxygen atoms in total. The predicted molar refractivity (Wildman–Crippen MR) is 68.6 cm³/mol. The van der Waals surface area contributed by atoms with E-state index in [9.17, 15) is 0 Å². The van der Waals surface area contributed by atoms with Crippen LogP contribution in [0.5, 0.6) is 0 Å². The molecule has 0 fully saturated rings. The fourth-order valence-corrected chi connectivity index (χ4v) is 1.59. The zero-order valence-corrected chi connectivity index (χ0v) is 9.42. The highest BCUT2D eigenvalue weighted by molar-refractivity contribution is 5.85. The number of pyridine rings is 1. The van der Waals surface area contributed by atoms with Gasteiger partial charge in [-0.05, 0) is 30.2 Å². The number of nitrogen functional groups attached to an aromatic ring is 1. The number of oxazole rings is 1. The van der Waals surface area contributed by atoms with Gasteiger partial charge in [-0.25, -0.2) is 0 Å². The molecule has 0 aliphatic carbocycles. The molecule has 0 amide bonds. The summed E-state index contributed by atoms with van der Waals surface area (Å²) in [6.45, 7) is 0. The van der Waals surface area contributed by atoms with E-state index in [0.717, 1.165) is 5.56 Å². The summed E-state index contributed by atoms with van der Waals surface area (Å²) in [5.41, 5.74) is 8.49. The molecule has 4 heteroatoms. The normalized spacial score (nSPS) is 10.0. The van der Waals surface area contributed by atoms with E-state index in [4.69, 9.17) is 10.2 Å². The molecule has 3 aromatic rings. The Morgan fingerprint density at radius 2 is 2.06 bits per heavy atom. The van der Waals surface area contributed by atoms with Crippen molar-refractivity contribution >= 4 is 16.8 Å². The van der Waals surface area contributed by atoms with Gasteiger partial charge in [0.2, 0.25) is 0 Å². The number of aromatic nitrogens is 2. The Kier molecular flexibility index (Phi) is 2.43. The van der Waals surface area contributed by atoms with Crippen LogP contribution < -0.4 is 5.73 Å². The maximum absolute atomic E-state index is 5.80. The van der Waals surface area contributed by atoms with Crippen molar-refractivity contribution in [2.45, 2.75) is 0 Å². The van der Waals surface area contributed by atoms with Gasteiger partial charge in [0, 0.05) is 18.0 Å². The van der Waals surface area contributed by atoms with Gasteiger partial charge in [0.25, 0.3) is 5.89 Å². The molecule has 0 saturated carbocycles. The third-order valence-corrected chi connectivity index (χ3v) is 2.43. The monoisotopic (exact) mass is 235 g/mol. The molecule has 0 radical (unpaired) electrons. The van der Waals surface area contributed by atoms with Crippen molar-refractivity contribution in [3.8, 4) is 11.8 Å². The molecule has 2 heterocycles. The van der Waals surface area contributed by atoms with Gasteiger partial charge in [0.05, 0.1) is 5.69 Å². The molecule has 2 aromatic heterocycles. The molecule has 0 bridgehead atoms. The number of anilines is 1. The summed E-state index contributed by atoms with van der Waals surface area (Å²) >= 11 is 0. The minimum atomic E-state index is 0.353. The third kappa shape index (κ3) is 1.89. The van der Waals surface area contributed by atoms with Crippen LogP contribution in [0.3, 0.4) is 0 Å². The van der Waals surface area contributed by atoms with Gasteiger partial charge in [0.15, 0.2) is 5.58 Å². The van der Waals surface area contributed by atoms with Crippen LogP contribution in [0.25, 0.3) is 11.1 Å². The van der Waals surface area contributed by atoms with Crippen LogP contribution in [-0.4, -0.2) is 9.97 Å². The highest BCUT2D eigenvalue weighted by Gasteiger charge is 2.05. The smallest absolute Gasteiger partial charge is 0.274 e. The van der Waals surface area contributed by atoms with Gasteiger partial charge in [-0.15, -0.1) is 0 Å². The number of benzene rings is 1. The average Bonchev–Trinajstić information content (AvgIpc) is 2.82. The average molecular weight is 235 g/mol. The summed E-state index contributed by atoms with van der Waals surface area (Å²) in [6.07, 6.45) is 3.38. The molecule has 0 unspecified atom stereocenters. The van der Waals surface area contributed by atoms with Crippen molar-refractivity contribution in [2.75, 3.05) is 5.73 Å². The first kappa shape index (κ1) is 10.4. The highest BCUT2D eigenvalue weighted by Crippen LogP contribution is 2.20. The second-order valence-corrected chi connectivity index (χ2v) is 3.70. The second kappa shape index (κ2) is 4.22. The number of para-hydroxylation sites is 1. The van der Waals surface area contributed by atoms with E-state index in [1.807, 2.05) is 24.3 Å². The van der Waals surface area contributed by atoms with Crippen molar-refractivity contribution in [2.24, 2.45) is 0 Å². The molecular formula is C14H9N3O. The van der Waals surface area contributed by atoms with Crippen molar-refractivity contribution < 1.29 is 4.42 Å². The molecule has 2 N–H and O–H groups in total. The van der Waals surface area contributed by atoms with Crippen molar-refractivity contribution in [1.29, 1.82) is 0 Å². The van der Waals surface area contributed by atoms with Crippen LogP contribution in [0.15, 0.2) is 47.1 Å². The molecule has 0 atom stereocenters. The quantitative estimate of drug-likeness (QED) is 0.479. The van der Waals surface area contributed by atoms with Crippen LogP contribution in [-0.2, 0) is 0 Å². The van der Waals surface area contributed by atoms with E-state index in [0.29, 0.717) is 22.7 Å². The first-order valence-electron chi connectivity index (χ1n) is 5.40. The lowest BCUT2D eigenvalue weighted by atomic mass is 10.3. The Balaban J connectivity index is 2.02. The van der Waals surface area contributed by atoms with Crippen molar-refractivity contribution in [3.63, 3.8) is 0 Å². The molecule has 3 rings (SSSR count). The lowest BCUT2D eigenvalue weighted by molar-refractivity contribution is 0.586. The fourth-order valence-electron chi connectivity index (χ4n) is 1.59. The molecular weight excluding hydrogens is 226 g/mol. The highest BCUT2D eigenvalue weighted by atomic mass is 16.3. The zero-order valence-electron chi connectivity index (χ0n) is 9.42. The van der Waals surface area contributed by atoms with E-state index in [-0.39, 0.29) is 0 Å². The minimum absolute atomic E-state index is 0.353. The summed E-state index contributed by atoms with van der Waals surface area (Å²) in [6, 6.07) is 9.11. The topological polar surface area (TPSA) is 64.9 Å². The van der Waals surface area contributed by atoms with E-state index in [2.05, 4.69) is 21.8 Å². The number of nitrogens with two attached hydrogens (primary N) is 1. The summed E-state index contributed by atoms with van der Waals surface area (Å²) < 4.78 is 5.49. The van der Waals surface area contributed by atoms with E-state index < -0.39 is 0 Å². The first-order chi connectivity index (χ1) is 8.83. The predicted octanol–water partition coefficient (Wildman–Crippen LogP) is 2.20. The van der Waals surface area contributed by atoms with E-state index in [1.165, 1.54) is 0 Å². The second-order valence-electron chi connectivity index (χ2n) is 3.70. The van der Waals surface area contributed by atoms with Crippen molar-refractivity contribution in [1.82, 2.24) is 9.97 Å². The largest absolute Gasteiger partial charge is 0.430 e. The Morgan fingerprint density at radius 3 is 2.83 bits per heavy atom. The van der Waals surface area contributed by atoms with Crippen LogP contribution in [0.2, 0.25) is 0 Å². The van der Waals surface area contributed by atoms with Crippen LogP contribution in [0.1, 0.15) is 11.5 Å². The van der Waals surface area contributed by atoms with Crippen molar-refractivity contribution in [3.05, 3.63) is 54.2 Å². The summed E-state index contributed by atoms with van der Waals surface area (Å²) in [7, 11) is 0. The number of rotatable bonds is 0. The maximum atomic E-state index is 5.80. The molecule has 0 saturated heterocycles. The lowest BCUT2D eigenvalue weighted by Crippen LogP contribution is -1.85. The van der Waals surface area contributed by atoms with E-state index >= 15 is 0 Å². The summed E-state index contributed by atoms with van der Waals surface area (Å²) in [5, 5.41) is 0. The third-order valence-electron chi connectivity index (χ3n) is 2.43. The Bertz CT molecular complexity index is 751. The first-order valence-corrected chi connectivity index (χ1v) is 5.40. The van der Waals surface area contributed by atoms with Gasteiger partial charge in [-0.3, -0.25) is 4.98 Å². The molecule has 86 valence electrons. The Morgan fingerprint density at radius 1 is 1.11 bits per heavy atom. The Labute approximate surface area is 103 Å². The summed E-state index contributed by atoms with van der Waals surface area (Å²) in [4.78, 5) is 8.22. The molecule has 1 aromatic carbocycles. The van der Waals surface area contributed by atoms with Crippen LogP contribution in [0.4, 0.5) is 5.69 Å². The van der Waals surface area contributed by atoms with Gasteiger partial charge in [0.1, 0.15) is 5.52 Å². The van der Waals surface area contributed by atoms with Crippen LogP contribution >= 0.6 is 0 Å². The van der Waals surface area contributed by atoms with E-state index in [1.54, 1.807) is 18.5 Å². The SMILES string of the molecule is Nc1cccc2oc(C#Cc3cccnc3)nc12. The fraction of sp³-hybridized carbons (Fsp3) is 0. The number of nitrogens with zero attached hydrogens (tertiary/aromatic N) is 2. The van der Waals surface area contributed by atoms with Gasteiger partial charge < -0.3 is 10.2 Å². The number of hydrogen-bond acceptors (Lipinski definition) is 4. The summed E-state index contributed by atoms with van der Waals surface area (Å²) in [5.74, 6) is 6.14. The standard InChI is InChI=1S/C14H9N3O/c15-11-4-1-5-12-14(11)17-13(18-12)7-6-10-3-2-8-16-9-10/h1-5,8-9H,15H2. The minimum Gasteiger partial charge on any atom is -0.430 e. The number of hydrogen-bond donors (Lipinski definition) is 1. The van der Waals surface area contributed by atoms with Gasteiger partial charge in [-0.1, -0.05) is 12.0 Å². The van der Waals surface area contributed by atoms with Crippen LogP contribution in [0, 0.1) is 11.8 Å².